The molecule has 0 aromatic rings. The zero-order chi connectivity index (χ0) is 10.6. The first-order valence-corrected chi connectivity index (χ1v) is 5.28. The lowest BCUT2D eigenvalue weighted by Crippen LogP contribution is -2.29. The second-order valence-corrected chi connectivity index (χ2v) is 4.87. The Morgan fingerprint density at radius 2 is 1.92 bits per heavy atom. The molecule has 0 spiro atoms. The summed E-state index contributed by atoms with van der Waals surface area (Å²) in [4.78, 5) is 20.5. The SMILES string of the molecule is CC(CS(=O)(=O)CC(N)=O)C(=O)O. The van der Waals surface area contributed by atoms with Crippen LogP contribution in [0.5, 0.6) is 0 Å². The monoisotopic (exact) mass is 209 g/mol. The van der Waals surface area contributed by atoms with Crippen LogP contribution >= 0.6 is 0 Å². The number of hydrogen-bond acceptors (Lipinski definition) is 4. The lowest BCUT2D eigenvalue weighted by atomic mass is 10.2. The molecule has 1 atom stereocenters. The maximum absolute atomic E-state index is 11.0. The van der Waals surface area contributed by atoms with E-state index in [1.54, 1.807) is 0 Å². The van der Waals surface area contributed by atoms with E-state index in [0.717, 1.165) is 0 Å². The minimum absolute atomic E-state index is 0.564. The third kappa shape index (κ3) is 5.18. The summed E-state index contributed by atoms with van der Waals surface area (Å²) in [6.45, 7) is 1.25. The number of amides is 1. The van der Waals surface area contributed by atoms with E-state index in [1.165, 1.54) is 6.92 Å². The molecule has 0 saturated carbocycles. The van der Waals surface area contributed by atoms with Crippen molar-refractivity contribution < 1.29 is 23.1 Å². The van der Waals surface area contributed by atoms with E-state index < -0.39 is 39.1 Å². The molecule has 0 aliphatic carbocycles. The first-order chi connectivity index (χ1) is 5.74. The summed E-state index contributed by atoms with van der Waals surface area (Å²) in [6.07, 6.45) is 0. The van der Waals surface area contributed by atoms with Crippen molar-refractivity contribution in [3.05, 3.63) is 0 Å². The largest absolute Gasteiger partial charge is 0.481 e. The summed E-state index contributed by atoms with van der Waals surface area (Å²) in [5.41, 5.74) is 4.66. The van der Waals surface area contributed by atoms with Gasteiger partial charge in [0.25, 0.3) is 0 Å². The normalized spacial score (nSPS) is 13.6. The Kier molecular flexibility index (Phi) is 3.86. The van der Waals surface area contributed by atoms with Gasteiger partial charge in [-0.05, 0) is 0 Å². The zero-order valence-corrected chi connectivity index (χ0v) is 7.87. The Bertz CT molecular complexity index is 307. The molecule has 3 N–H and O–H groups in total. The van der Waals surface area contributed by atoms with Gasteiger partial charge in [0, 0.05) is 0 Å². The van der Waals surface area contributed by atoms with Crippen LogP contribution in [0.2, 0.25) is 0 Å². The molecule has 0 aliphatic rings. The number of sulfone groups is 1. The van der Waals surface area contributed by atoms with Crippen molar-refractivity contribution in [1.82, 2.24) is 0 Å². The topological polar surface area (TPSA) is 115 Å². The fourth-order valence-electron chi connectivity index (χ4n) is 0.728. The Hall–Kier alpha value is -1.11. The van der Waals surface area contributed by atoms with Gasteiger partial charge < -0.3 is 10.8 Å². The molecule has 0 fully saturated rings. The fourth-order valence-corrected chi connectivity index (χ4v) is 2.18. The predicted octanol–water partition coefficient (Wildman–Crippen LogP) is -1.39. The van der Waals surface area contributed by atoms with Gasteiger partial charge in [0.05, 0.1) is 11.7 Å². The highest BCUT2D eigenvalue weighted by molar-refractivity contribution is 7.92. The van der Waals surface area contributed by atoms with Gasteiger partial charge in [0.2, 0.25) is 5.91 Å². The van der Waals surface area contributed by atoms with Crippen LogP contribution in [0.3, 0.4) is 0 Å². The molecular formula is C6H11NO5S. The molecule has 0 bridgehead atoms. The average molecular weight is 209 g/mol. The second-order valence-electron chi connectivity index (χ2n) is 2.76. The number of primary amides is 1. The van der Waals surface area contributed by atoms with Gasteiger partial charge in [-0.3, -0.25) is 9.59 Å². The Morgan fingerprint density at radius 3 is 2.23 bits per heavy atom. The van der Waals surface area contributed by atoms with Gasteiger partial charge in [-0.1, -0.05) is 6.92 Å². The van der Waals surface area contributed by atoms with Gasteiger partial charge in [-0.15, -0.1) is 0 Å². The third-order valence-corrected chi connectivity index (χ3v) is 3.02. The van der Waals surface area contributed by atoms with Crippen molar-refractivity contribution in [1.29, 1.82) is 0 Å². The molecule has 0 aromatic carbocycles. The number of carbonyl (C=O) groups is 2. The molecule has 1 amide bonds. The van der Waals surface area contributed by atoms with Crippen LogP contribution < -0.4 is 5.73 Å². The molecule has 0 aromatic heterocycles. The summed E-state index contributed by atoms with van der Waals surface area (Å²) in [7, 11) is -3.68. The number of carboxylic acid groups (broad SMARTS) is 1. The minimum atomic E-state index is -3.68. The first-order valence-electron chi connectivity index (χ1n) is 3.46. The second kappa shape index (κ2) is 4.22. The van der Waals surface area contributed by atoms with Gasteiger partial charge in [0.15, 0.2) is 9.84 Å². The fraction of sp³-hybridized carbons (Fsp3) is 0.667. The number of hydrogen-bond donors (Lipinski definition) is 2. The highest BCUT2D eigenvalue weighted by Crippen LogP contribution is 2.01. The number of carbonyl (C=O) groups excluding carboxylic acids is 1. The molecule has 0 rings (SSSR count). The number of rotatable bonds is 5. The van der Waals surface area contributed by atoms with Crippen LogP contribution in [0.1, 0.15) is 6.92 Å². The summed E-state index contributed by atoms with van der Waals surface area (Å²) in [5.74, 6) is -4.58. The quantitative estimate of drug-likeness (QED) is 0.578. The van der Waals surface area contributed by atoms with Crippen LogP contribution in [-0.2, 0) is 19.4 Å². The average Bonchev–Trinajstić information content (AvgIpc) is 1.81. The molecule has 76 valence electrons. The summed E-state index contributed by atoms with van der Waals surface area (Å²) in [5, 5.41) is 8.40. The summed E-state index contributed by atoms with van der Waals surface area (Å²) in [6, 6.07) is 0. The van der Waals surface area contributed by atoms with Gasteiger partial charge in [0.1, 0.15) is 5.75 Å². The van der Waals surface area contributed by atoms with Gasteiger partial charge in [-0.25, -0.2) is 8.42 Å². The Balaban J connectivity index is 4.35. The molecule has 6 nitrogen and oxygen atoms in total. The number of carboxylic acids is 1. The zero-order valence-electron chi connectivity index (χ0n) is 7.06. The molecule has 0 radical (unpaired) electrons. The molecule has 1 unspecified atom stereocenters. The molecule has 13 heavy (non-hydrogen) atoms. The van der Waals surface area contributed by atoms with E-state index in [-0.39, 0.29) is 0 Å². The van der Waals surface area contributed by atoms with E-state index in [2.05, 4.69) is 5.73 Å². The summed E-state index contributed by atoms with van der Waals surface area (Å²) < 4.78 is 22.0. The van der Waals surface area contributed by atoms with Crippen molar-refractivity contribution in [3.8, 4) is 0 Å². The van der Waals surface area contributed by atoms with Crippen molar-refractivity contribution >= 4 is 21.7 Å². The molecule has 0 heterocycles. The van der Waals surface area contributed by atoms with Gasteiger partial charge >= 0.3 is 5.97 Å². The third-order valence-electron chi connectivity index (χ3n) is 1.29. The highest BCUT2D eigenvalue weighted by atomic mass is 32.2. The maximum atomic E-state index is 11.0. The van der Waals surface area contributed by atoms with Crippen LogP contribution in [0.15, 0.2) is 0 Å². The first kappa shape index (κ1) is 11.9. The predicted molar refractivity (Wildman–Crippen MR) is 44.6 cm³/mol. The van der Waals surface area contributed by atoms with Crippen LogP contribution in [-0.4, -0.2) is 36.9 Å². The molecule has 0 saturated heterocycles. The molecular weight excluding hydrogens is 198 g/mol. The molecule has 0 aliphatic heterocycles. The van der Waals surface area contributed by atoms with Crippen molar-refractivity contribution in [2.45, 2.75) is 6.92 Å². The lowest BCUT2D eigenvalue weighted by Gasteiger charge is -2.05. The van der Waals surface area contributed by atoms with E-state index in [4.69, 9.17) is 5.11 Å². The van der Waals surface area contributed by atoms with Crippen molar-refractivity contribution in [2.75, 3.05) is 11.5 Å². The smallest absolute Gasteiger partial charge is 0.307 e. The van der Waals surface area contributed by atoms with Crippen LogP contribution in [0.4, 0.5) is 0 Å². The lowest BCUT2D eigenvalue weighted by molar-refractivity contribution is -0.140. The van der Waals surface area contributed by atoms with E-state index in [9.17, 15) is 18.0 Å². The number of nitrogens with two attached hydrogens (primary N) is 1. The maximum Gasteiger partial charge on any atom is 0.307 e. The van der Waals surface area contributed by atoms with E-state index >= 15 is 0 Å². The van der Waals surface area contributed by atoms with Crippen molar-refractivity contribution in [2.24, 2.45) is 11.7 Å². The summed E-state index contributed by atoms with van der Waals surface area (Å²) >= 11 is 0. The van der Waals surface area contributed by atoms with Gasteiger partial charge in [-0.2, -0.15) is 0 Å². The minimum Gasteiger partial charge on any atom is -0.481 e. The van der Waals surface area contributed by atoms with Crippen LogP contribution in [0.25, 0.3) is 0 Å². The number of aliphatic carboxylic acids is 1. The Labute approximate surface area is 75.6 Å². The molecule has 7 heteroatoms. The van der Waals surface area contributed by atoms with Crippen LogP contribution in [0, 0.1) is 5.92 Å². The van der Waals surface area contributed by atoms with Crippen molar-refractivity contribution in [3.63, 3.8) is 0 Å². The standard InChI is InChI=1S/C6H11NO5S/c1-4(6(9)10)2-13(11,12)3-5(7)8/h4H,2-3H2,1H3,(H2,7,8)(H,9,10). The Morgan fingerprint density at radius 1 is 1.46 bits per heavy atom. The van der Waals surface area contributed by atoms with E-state index in [1.807, 2.05) is 0 Å². The highest BCUT2D eigenvalue weighted by Gasteiger charge is 2.22. The van der Waals surface area contributed by atoms with E-state index in [0.29, 0.717) is 0 Å².